The molecule has 14 aliphatic rings. The molecule has 14 rings (SSSR count). The molecular formula is C56H92O6. The van der Waals surface area contributed by atoms with Gasteiger partial charge < -0.3 is 14.2 Å². The third kappa shape index (κ3) is 8.40. The maximum Gasteiger partial charge on any atom is 0.312 e. The number of carbonyl (C=O) groups is 3. The summed E-state index contributed by atoms with van der Waals surface area (Å²) in [6.45, 7) is 25.3. The number of carbonyl (C=O) groups excluding carboxylic acids is 3. The van der Waals surface area contributed by atoms with Gasteiger partial charge in [-0.25, -0.2) is 0 Å². The highest BCUT2D eigenvalue weighted by molar-refractivity contribution is 5.77. The second-order valence-electron chi connectivity index (χ2n) is 27.6. The SMILES string of the molecule is C1CC2C3CCC(C3)C2C1.CCC(C)(C)C(=O)OC.CCC(C)(C)C(=O)OC12CC3(C)CC(C)(CC(C)(C3)C1)C2.CCC(C)(C)C(=O)OC12CC3C4CC5CC3C(C1)C(C5)C4C2. The van der Waals surface area contributed by atoms with E-state index in [4.69, 9.17) is 9.47 Å². The van der Waals surface area contributed by atoms with E-state index in [9.17, 15) is 14.4 Å². The zero-order chi connectivity index (χ0) is 45.1. The molecule has 0 aromatic carbocycles. The van der Waals surface area contributed by atoms with E-state index >= 15 is 0 Å². The van der Waals surface area contributed by atoms with E-state index < -0.39 is 0 Å². The fourth-order valence-electron chi connectivity index (χ4n) is 18.6. The van der Waals surface area contributed by atoms with Crippen molar-refractivity contribution in [2.75, 3.05) is 7.11 Å². The normalized spacial score (nSPS) is 46.5. The minimum atomic E-state index is -0.355. The Kier molecular flexibility index (Phi) is 12.1. The molecule has 0 heterocycles. The Morgan fingerprint density at radius 1 is 0.468 bits per heavy atom. The third-order valence-corrected chi connectivity index (χ3v) is 21.2. The van der Waals surface area contributed by atoms with Crippen molar-refractivity contribution >= 4 is 17.9 Å². The predicted molar refractivity (Wildman–Crippen MR) is 248 cm³/mol. The van der Waals surface area contributed by atoms with Crippen LogP contribution in [0.3, 0.4) is 0 Å². The van der Waals surface area contributed by atoms with E-state index in [1.165, 1.54) is 88.6 Å². The van der Waals surface area contributed by atoms with Crippen LogP contribution in [0.1, 0.15) is 218 Å². The molecule has 0 saturated heterocycles. The molecule has 4 atom stereocenters. The first-order chi connectivity index (χ1) is 28.8. The highest BCUT2D eigenvalue weighted by atomic mass is 16.6. The lowest BCUT2D eigenvalue weighted by Crippen LogP contribution is -2.68. The van der Waals surface area contributed by atoms with Gasteiger partial charge in [0.1, 0.15) is 11.2 Å². The Balaban J connectivity index is 0.000000122. The molecule has 0 amide bonds. The second kappa shape index (κ2) is 16.0. The third-order valence-electron chi connectivity index (χ3n) is 21.2. The van der Waals surface area contributed by atoms with E-state index in [0.717, 1.165) is 80.0 Å². The van der Waals surface area contributed by atoms with E-state index in [0.29, 0.717) is 16.2 Å². The lowest BCUT2D eigenvalue weighted by atomic mass is 9.35. The number of methoxy groups -OCH3 is 1. The zero-order valence-electron chi connectivity index (χ0n) is 42.1. The molecule has 14 fully saturated rings. The average Bonchev–Trinajstić information content (AvgIpc) is 3.95. The summed E-state index contributed by atoms with van der Waals surface area (Å²) in [6.07, 6.45) is 27.3. The van der Waals surface area contributed by atoms with Crippen LogP contribution in [-0.2, 0) is 28.6 Å². The monoisotopic (exact) mass is 861 g/mol. The molecule has 14 saturated carbocycles. The van der Waals surface area contributed by atoms with E-state index in [-0.39, 0.29) is 45.4 Å². The van der Waals surface area contributed by atoms with Gasteiger partial charge in [0.15, 0.2) is 0 Å². The molecule has 14 bridgehead atoms. The fraction of sp³-hybridized carbons (Fsp3) is 0.946. The van der Waals surface area contributed by atoms with Crippen molar-refractivity contribution in [1.82, 2.24) is 0 Å². The van der Waals surface area contributed by atoms with Crippen molar-refractivity contribution in [3.8, 4) is 0 Å². The molecule has 0 aromatic rings. The van der Waals surface area contributed by atoms with Crippen molar-refractivity contribution in [3.63, 3.8) is 0 Å². The summed E-state index contributed by atoms with van der Waals surface area (Å²) in [5, 5.41) is 0. The lowest BCUT2D eigenvalue weighted by Gasteiger charge is -2.71. The summed E-state index contributed by atoms with van der Waals surface area (Å²) >= 11 is 0. The summed E-state index contributed by atoms with van der Waals surface area (Å²) in [6, 6.07) is 0. The van der Waals surface area contributed by atoms with Crippen molar-refractivity contribution < 1.29 is 28.6 Å². The van der Waals surface area contributed by atoms with Gasteiger partial charge in [0.2, 0.25) is 0 Å². The van der Waals surface area contributed by atoms with Gasteiger partial charge in [-0.15, -0.1) is 0 Å². The first-order valence-electron chi connectivity index (χ1n) is 26.4. The van der Waals surface area contributed by atoms with E-state index in [1.54, 1.807) is 38.5 Å². The van der Waals surface area contributed by atoms with Crippen molar-refractivity contribution in [2.45, 2.75) is 229 Å². The van der Waals surface area contributed by atoms with Crippen LogP contribution in [-0.4, -0.2) is 36.2 Å². The summed E-state index contributed by atoms with van der Waals surface area (Å²) in [5.74, 6) is 11.4. The van der Waals surface area contributed by atoms with Gasteiger partial charge in [-0.3, -0.25) is 14.4 Å². The Morgan fingerprint density at radius 3 is 1.16 bits per heavy atom. The number of rotatable bonds is 8. The van der Waals surface area contributed by atoms with E-state index in [2.05, 4.69) is 39.4 Å². The quantitative estimate of drug-likeness (QED) is 0.179. The molecule has 0 radical (unpaired) electrons. The molecular weight excluding hydrogens is 769 g/mol. The highest BCUT2D eigenvalue weighted by Gasteiger charge is 2.69. The largest absolute Gasteiger partial charge is 0.469 e. The molecule has 4 unspecified atom stereocenters. The molecule has 352 valence electrons. The molecule has 0 aliphatic heterocycles. The standard InChI is InChI=1S/C20H30O2.C19H32O2.C10H16.C7H14O2/c1-4-19(2,3)18(21)22-20-8-15-12-5-11-6-13(15)17(10-20)14(7-11)16(12)9-20;1-7-15(2,3)14(20)21-19-11-16(4)8-17(5,12-19)10-18(6,9-16)13-19;1-2-9-7-4-5-8(6-7)10(9)3-1;1-5-7(2,3)6(8)9-4/h11-17H,4-10H2,1-3H3;7-13H2,1-6H3;7-10H,1-6H2;5H2,1-4H3. The maximum atomic E-state index is 12.7. The minimum Gasteiger partial charge on any atom is -0.469 e. The Morgan fingerprint density at radius 2 is 0.823 bits per heavy atom. The number of fused-ring (bicyclic) bond motifs is 5. The number of esters is 3. The van der Waals surface area contributed by atoms with Gasteiger partial charge >= 0.3 is 17.9 Å². The maximum absolute atomic E-state index is 12.7. The first kappa shape index (κ1) is 46.9. The molecule has 14 aliphatic carbocycles. The van der Waals surface area contributed by atoms with Gasteiger partial charge in [0.25, 0.3) is 0 Å². The van der Waals surface area contributed by atoms with Gasteiger partial charge in [-0.2, -0.15) is 0 Å². The van der Waals surface area contributed by atoms with Gasteiger partial charge in [-0.1, -0.05) is 48.0 Å². The first-order valence-corrected chi connectivity index (χ1v) is 26.4. The van der Waals surface area contributed by atoms with Crippen LogP contribution in [0.5, 0.6) is 0 Å². The summed E-state index contributed by atoms with van der Waals surface area (Å²) in [7, 11) is 1.42. The van der Waals surface area contributed by atoms with Crippen molar-refractivity contribution in [1.29, 1.82) is 0 Å². The van der Waals surface area contributed by atoms with Crippen LogP contribution >= 0.6 is 0 Å². The minimum absolute atomic E-state index is 0.0164. The number of hydrogen-bond donors (Lipinski definition) is 0. The van der Waals surface area contributed by atoms with Crippen LogP contribution in [0.4, 0.5) is 0 Å². The van der Waals surface area contributed by atoms with Crippen LogP contribution < -0.4 is 0 Å². The van der Waals surface area contributed by atoms with Crippen LogP contribution in [0.2, 0.25) is 0 Å². The van der Waals surface area contributed by atoms with Gasteiger partial charge in [-0.05, 0) is 251 Å². The van der Waals surface area contributed by atoms with Crippen molar-refractivity contribution in [2.24, 2.45) is 97.6 Å². The molecule has 6 heteroatoms. The van der Waals surface area contributed by atoms with Crippen LogP contribution in [0.25, 0.3) is 0 Å². The van der Waals surface area contributed by atoms with Gasteiger partial charge in [0, 0.05) is 0 Å². The highest BCUT2D eigenvalue weighted by Crippen LogP contribution is 2.74. The lowest BCUT2D eigenvalue weighted by molar-refractivity contribution is -0.265. The van der Waals surface area contributed by atoms with Crippen molar-refractivity contribution in [3.05, 3.63) is 0 Å². The van der Waals surface area contributed by atoms with E-state index in [1.807, 2.05) is 48.5 Å². The molecule has 62 heavy (non-hydrogen) atoms. The molecule has 0 aromatic heterocycles. The molecule has 0 N–H and O–H groups in total. The average molecular weight is 861 g/mol. The van der Waals surface area contributed by atoms with Crippen LogP contribution in [0, 0.1) is 97.6 Å². The molecule has 6 nitrogen and oxygen atoms in total. The Hall–Kier alpha value is -1.59. The van der Waals surface area contributed by atoms with Crippen LogP contribution in [0.15, 0.2) is 0 Å². The fourth-order valence-corrected chi connectivity index (χ4v) is 18.6. The predicted octanol–water partition coefficient (Wildman–Crippen LogP) is 14.0. The smallest absolute Gasteiger partial charge is 0.312 e. The topological polar surface area (TPSA) is 78.9 Å². The second-order valence-corrected chi connectivity index (χ2v) is 27.6. The summed E-state index contributed by atoms with van der Waals surface area (Å²) < 4.78 is 17.1. The zero-order valence-corrected chi connectivity index (χ0v) is 42.1. The Labute approximate surface area is 379 Å². The van der Waals surface area contributed by atoms with Gasteiger partial charge in [0.05, 0.1) is 23.4 Å². The molecule has 0 spiro atoms. The summed E-state index contributed by atoms with van der Waals surface area (Å²) in [4.78, 5) is 36.2. The summed E-state index contributed by atoms with van der Waals surface area (Å²) in [5.41, 5.74) is -0.131. The number of ether oxygens (including phenoxy) is 3. The Bertz CT molecular complexity index is 1570. The number of hydrogen-bond acceptors (Lipinski definition) is 6.